The number of benzene rings is 3. The summed E-state index contributed by atoms with van der Waals surface area (Å²) >= 11 is 0. The van der Waals surface area contributed by atoms with Crippen molar-refractivity contribution in [3.05, 3.63) is 95.6 Å². The van der Waals surface area contributed by atoms with E-state index in [0.717, 1.165) is 5.56 Å². The zero-order valence-corrected chi connectivity index (χ0v) is 16.1. The molecule has 146 valence electrons. The quantitative estimate of drug-likeness (QED) is 0.251. The predicted molar refractivity (Wildman–Crippen MR) is 111 cm³/mol. The number of carbonyl (C=O) groups is 2. The Labute approximate surface area is 169 Å². The zero-order valence-electron chi connectivity index (χ0n) is 16.1. The van der Waals surface area contributed by atoms with Gasteiger partial charge in [0.15, 0.2) is 17.3 Å². The van der Waals surface area contributed by atoms with Gasteiger partial charge in [0.05, 0.1) is 19.8 Å². The van der Waals surface area contributed by atoms with E-state index in [2.05, 4.69) is 0 Å². The Hall–Kier alpha value is -3.86. The second-order valence-corrected chi connectivity index (χ2v) is 6.09. The molecule has 0 heterocycles. The van der Waals surface area contributed by atoms with Gasteiger partial charge in [-0.3, -0.25) is 4.79 Å². The molecule has 3 rings (SSSR count). The van der Waals surface area contributed by atoms with Crippen LogP contribution in [0.3, 0.4) is 0 Å². The normalized spacial score (nSPS) is 10.6. The number of esters is 1. The van der Waals surface area contributed by atoms with E-state index in [0.29, 0.717) is 28.4 Å². The largest absolute Gasteiger partial charge is 0.497 e. The number of methoxy groups -OCH3 is 2. The van der Waals surface area contributed by atoms with Crippen LogP contribution in [-0.2, 0) is 0 Å². The number of hydrogen-bond acceptors (Lipinski definition) is 5. The summed E-state index contributed by atoms with van der Waals surface area (Å²) in [7, 11) is 3.07. The summed E-state index contributed by atoms with van der Waals surface area (Å²) in [4.78, 5) is 24.6. The molecule has 5 nitrogen and oxygen atoms in total. The van der Waals surface area contributed by atoms with Gasteiger partial charge in [0.2, 0.25) is 0 Å². The molecule has 0 saturated heterocycles. The second-order valence-electron chi connectivity index (χ2n) is 6.09. The molecule has 0 spiro atoms. The van der Waals surface area contributed by atoms with Crippen molar-refractivity contribution in [3.8, 4) is 17.2 Å². The van der Waals surface area contributed by atoms with Gasteiger partial charge in [-0.25, -0.2) is 4.79 Å². The molecular formula is C24H20O5. The van der Waals surface area contributed by atoms with Crippen LogP contribution < -0.4 is 14.2 Å². The van der Waals surface area contributed by atoms with Gasteiger partial charge in [0.1, 0.15) is 5.75 Å². The fourth-order valence-electron chi connectivity index (χ4n) is 2.63. The molecule has 3 aromatic carbocycles. The standard InChI is InChI=1S/C24H20O5/c1-27-20-12-10-18(11-13-20)21(25)14-8-17-9-15-22(23(16-17)28-2)29-24(26)19-6-4-3-5-7-19/h3-16H,1-2H3. The van der Waals surface area contributed by atoms with Crippen LogP contribution in [0.1, 0.15) is 26.3 Å². The Morgan fingerprint density at radius 2 is 1.48 bits per heavy atom. The van der Waals surface area contributed by atoms with Crippen LogP contribution in [0.15, 0.2) is 78.9 Å². The van der Waals surface area contributed by atoms with Crippen molar-refractivity contribution in [1.82, 2.24) is 0 Å². The molecule has 0 atom stereocenters. The first kappa shape index (κ1) is 19.9. The third-order valence-electron chi connectivity index (χ3n) is 4.20. The molecule has 5 heteroatoms. The number of ketones is 1. The fourth-order valence-corrected chi connectivity index (χ4v) is 2.63. The molecule has 0 saturated carbocycles. The number of carbonyl (C=O) groups excluding carboxylic acids is 2. The molecule has 3 aromatic rings. The predicted octanol–water partition coefficient (Wildman–Crippen LogP) is 4.82. The molecule has 0 fully saturated rings. The first-order valence-electron chi connectivity index (χ1n) is 8.92. The van der Waals surface area contributed by atoms with E-state index in [4.69, 9.17) is 14.2 Å². The molecule has 29 heavy (non-hydrogen) atoms. The van der Waals surface area contributed by atoms with E-state index >= 15 is 0 Å². The molecule has 0 N–H and O–H groups in total. The average molecular weight is 388 g/mol. The van der Waals surface area contributed by atoms with Gasteiger partial charge in [-0.2, -0.15) is 0 Å². The fraction of sp³-hybridized carbons (Fsp3) is 0.0833. The third-order valence-corrected chi connectivity index (χ3v) is 4.20. The van der Waals surface area contributed by atoms with E-state index in [-0.39, 0.29) is 5.78 Å². The van der Waals surface area contributed by atoms with Gasteiger partial charge in [-0.1, -0.05) is 30.3 Å². The third kappa shape index (κ3) is 5.11. The lowest BCUT2D eigenvalue weighted by Gasteiger charge is -2.10. The van der Waals surface area contributed by atoms with Gasteiger partial charge in [0, 0.05) is 5.56 Å². The highest BCUT2D eigenvalue weighted by atomic mass is 16.6. The van der Waals surface area contributed by atoms with Crippen molar-refractivity contribution in [1.29, 1.82) is 0 Å². The smallest absolute Gasteiger partial charge is 0.343 e. The van der Waals surface area contributed by atoms with Crippen molar-refractivity contribution in [3.63, 3.8) is 0 Å². The molecule has 0 aliphatic rings. The van der Waals surface area contributed by atoms with Crippen LogP contribution in [0.4, 0.5) is 0 Å². The highest BCUT2D eigenvalue weighted by molar-refractivity contribution is 6.06. The minimum Gasteiger partial charge on any atom is -0.497 e. The molecule has 0 radical (unpaired) electrons. The SMILES string of the molecule is COc1ccc(C(=O)C=Cc2ccc(OC(=O)c3ccccc3)c(OC)c2)cc1. The first-order chi connectivity index (χ1) is 14.1. The molecule has 0 aliphatic heterocycles. The van der Waals surface area contributed by atoms with Gasteiger partial charge < -0.3 is 14.2 Å². The number of ether oxygens (including phenoxy) is 3. The number of allylic oxidation sites excluding steroid dienone is 1. The summed E-state index contributed by atoms with van der Waals surface area (Å²) in [5, 5.41) is 0. The summed E-state index contributed by atoms with van der Waals surface area (Å²) in [5.41, 5.74) is 1.74. The lowest BCUT2D eigenvalue weighted by Crippen LogP contribution is -2.09. The van der Waals surface area contributed by atoms with Crippen LogP contribution >= 0.6 is 0 Å². The highest BCUT2D eigenvalue weighted by Gasteiger charge is 2.12. The van der Waals surface area contributed by atoms with Crippen molar-refractivity contribution in [2.45, 2.75) is 0 Å². The van der Waals surface area contributed by atoms with Crippen LogP contribution in [-0.4, -0.2) is 26.0 Å². The maximum atomic E-state index is 12.3. The molecule has 0 amide bonds. The first-order valence-corrected chi connectivity index (χ1v) is 8.92. The molecule has 0 unspecified atom stereocenters. The summed E-state index contributed by atoms with van der Waals surface area (Å²) < 4.78 is 15.8. The summed E-state index contributed by atoms with van der Waals surface area (Å²) in [5.74, 6) is 0.789. The van der Waals surface area contributed by atoms with E-state index in [9.17, 15) is 9.59 Å². The van der Waals surface area contributed by atoms with E-state index in [1.54, 1.807) is 79.9 Å². The van der Waals surface area contributed by atoms with Crippen molar-refractivity contribution in [2.75, 3.05) is 14.2 Å². The monoisotopic (exact) mass is 388 g/mol. The zero-order chi connectivity index (χ0) is 20.6. The number of rotatable bonds is 7. The maximum Gasteiger partial charge on any atom is 0.343 e. The minimum atomic E-state index is -0.470. The van der Waals surface area contributed by atoms with Crippen molar-refractivity contribution < 1.29 is 23.8 Å². The van der Waals surface area contributed by atoms with Crippen LogP contribution in [0.25, 0.3) is 6.08 Å². The van der Waals surface area contributed by atoms with Gasteiger partial charge in [-0.05, 0) is 60.2 Å². The summed E-state index contributed by atoms with van der Waals surface area (Å²) in [6, 6.07) is 20.7. The van der Waals surface area contributed by atoms with Crippen LogP contribution in [0, 0.1) is 0 Å². The minimum absolute atomic E-state index is 0.133. The topological polar surface area (TPSA) is 61.8 Å². The lowest BCUT2D eigenvalue weighted by atomic mass is 10.1. The highest BCUT2D eigenvalue weighted by Crippen LogP contribution is 2.29. The lowest BCUT2D eigenvalue weighted by molar-refractivity contribution is 0.0729. The van der Waals surface area contributed by atoms with Crippen molar-refractivity contribution >= 4 is 17.8 Å². The van der Waals surface area contributed by atoms with Crippen LogP contribution in [0.2, 0.25) is 0 Å². The van der Waals surface area contributed by atoms with E-state index in [1.807, 2.05) is 6.07 Å². The average Bonchev–Trinajstić information content (AvgIpc) is 2.78. The second kappa shape index (κ2) is 9.37. The van der Waals surface area contributed by atoms with Gasteiger partial charge in [-0.15, -0.1) is 0 Å². The Bertz CT molecular complexity index is 1020. The van der Waals surface area contributed by atoms with Gasteiger partial charge >= 0.3 is 5.97 Å². The molecule has 0 aromatic heterocycles. The van der Waals surface area contributed by atoms with E-state index in [1.165, 1.54) is 13.2 Å². The summed E-state index contributed by atoms with van der Waals surface area (Å²) in [6.45, 7) is 0. The Morgan fingerprint density at radius 1 is 0.759 bits per heavy atom. The molecule has 0 bridgehead atoms. The maximum absolute atomic E-state index is 12.3. The van der Waals surface area contributed by atoms with Crippen molar-refractivity contribution in [2.24, 2.45) is 0 Å². The molecular weight excluding hydrogens is 368 g/mol. The van der Waals surface area contributed by atoms with E-state index < -0.39 is 5.97 Å². The van der Waals surface area contributed by atoms with Crippen LogP contribution in [0.5, 0.6) is 17.2 Å². The Morgan fingerprint density at radius 3 is 2.14 bits per heavy atom. The summed E-state index contributed by atoms with van der Waals surface area (Å²) in [6.07, 6.45) is 3.16. The Balaban J connectivity index is 1.73. The number of hydrogen-bond donors (Lipinski definition) is 0. The van der Waals surface area contributed by atoms with Gasteiger partial charge in [0.25, 0.3) is 0 Å². The Kier molecular flexibility index (Phi) is 6.43. The molecule has 0 aliphatic carbocycles.